The van der Waals surface area contributed by atoms with Gasteiger partial charge in [0.15, 0.2) is 0 Å². The van der Waals surface area contributed by atoms with Crippen molar-refractivity contribution in [3.8, 4) is 0 Å². The van der Waals surface area contributed by atoms with E-state index in [4.69, 9.17) is 0 Å². The maximum absolute atomic E-state index is 12.0. The molecule has 1 saturated heterocycles. The molecule has 0 bridgehead atoms. The minimum Gasteiger partial charge on any atom is -0.324 e. The molecule has 1 heterocycles. The van der Waals surface area contributed by atoms with E-state index in [1.165, 1.54) is 0 Å². The van der Waals surface area contributed by atoms with Gasteiger partial charge in [0.2, 0.25) is 15.9 Å². The van der Waals surface area contributed by atoms with Crippen LogP contribution in [-0.2, 0) is 14.8 Å². The van der Waals surface area contributed by atoms with Crippen molar-refractivity contribution in [3.05, 3.63) is 24.3 Å². The molecular weight excluding hydrogens is 290 g/mol. The van der Waals surface area contributed by atoms with Gasteiger partial charge in [-0.05, 0) is 37.9 Å². The van der Waals surface area contributed by atoms with Crippen LogP contribution in [0.15, 0.2) is 24.3 Å². The third-order valence-electron chi connectivity index (χ3n) is 3.38. The van der Waals surface area contributed by atoms with Crippen molar-refractivity contribution < 1.29 is 13.2 Å². The second-order valence-electron chi connectivity index (χ2n) is 5.30. The maximum Gasteiger partial charge on any atom is 0.229 e. The van der Waals surface area contributed by atoms with Crippen molar-refractivity contribution in [2.45, 2.75) is 31.7 Å². The van der Waals surface area contributed by atoms with Crippen LogP contribution in [0.2, 0.25) is 0 Å². The van der Waals surface area contributed by atoms with Crippen LogP contribution < -0.4 is 15.4 Å². The number of sulfonamides is 1. The highest BCUT2D eigenvalue weighted by Crippen LogP contribution is 2.22. The number of hydrogen-bond acceptors (Lipinski definition) is 4. The number of nitrogens with one attached hydrogen (secondary N) is 3. The van der Waals surface area contributed by atoms with Gasteiger partial charge in [0.25, 0.3) is 0 Å². The molecule has 1 aromatic rings. The normalized spacial score (nSPS) is 18.4. The highest BCUT2D eigenvalue weighted by molar-refractivity contribution is 7.92. The first-order valence-electron chi connectivity index (χ1n) is 7.04. The van der Waals surface area contributed by atoms with Crippen LogP contribution in [0.5, 0.6) is 0 Å². The fraction of sp³-hybridized carbons (Fsp3) is 0.500. The van der Waals surface area contributed by atoms with Crippen molar-refractivity contribution in [2.24, 2.45) is 0 Å². The minimum absolute atomic E-state index is 0.105. The highest BCUT2D eigenvalue weighted by atomic mass is 32.2. The lowest BCUT2D eigenvalue weighted by molar-refractivity contribution is -0.116. The lowest BCUT2D eigenvalue weighted by Gasteiger charge is -2.13. The van der Waals surface area contributed by atoms with Crippen LogP contribution in [-0.4, -0.2) is 33.2 Å². The molecule has 3 N–H and O–H groups in total. The molecule has 1 unspecified atom stereocenters. The molecule has 0 aliphatic carbocycles. The Morgan fingerprint density at radius 2 is 2.05 bits per heavy atom. The van der Waals surface area contributed by atoms with Crippen molar-refractivity contribution >= 4 is 27.3 Å². The van der Waals surface area contributed by atoms with Gasteiger partial charge in [-0.15, -0.1) is 0 Å². The van der Waals surface area contributed by atoms with Gasteiger partial charge < -0.3 is 10.6 Å². The van der Waals surface area contributed by atoms with Crippen LogP contribution >= 0.6 is 0 Å². The molecule has 116 valence electrons. The Balaban J connectivity index is 1.93. The molecule has 1 atom stereocenters. The summed E-state index contributed by atoms with van der Waals surface area (Å²) < 4.78 is 25.0. The van der Waals surface area contributed by atoms with Gasteiger partial charge in [0, 0.05) is 12.5 Å². The number of amides is 1. The van der Waals surface area contributed by atoms with Gasteiger partial charge >= 0.3 is 0 Å². The first-order valence-corrected chi connectivity index (χ1v) is 8.93. The number of hydrogen-bond donors (Lipinski definition) is 3. The zero-order valence-corrected chi connectivity index (χ0v) is 12.9. The van der Waals surface area contributed by atoms with Gasteiger partial charge in [-0.1, -0.05) is 12.1 Å². The first-order chi connectivity index (χ1) is 9.94. The molecule has 0 spiro atoms. The fourth-order valence-corrected chi connectivity index (χ4v) is 2.98. The van der Waals surface area contributed by atoms with E-state index in [0.717, 1.165) is 32.1 Å². The summed E-state index contributed by atoms with van der Waals surface area (Å²) in [5, 5.41) is 6.11. The molecular formula is C14H21N3O3S. The van der Waals surface area contributed by atoms with E-state index in [9.17, 15) is 13.2 Å². The Morgan fingerprint density at radius 1 is 1.33 bits per heavy atom. The fourth-order valence-electron chi connectivity index (χ4n) is 2.40. The van der Waals surface area contributed by atoms with Gasteiger partial charge in [0.05, 0.1) is 17.6 Å². The van der Waals surface area contributed by atoms with E-state index >= 15 is 0 Å². The summed E-state index contributed by atoms with van der Waals surface area (Å²) in [4.78, 5) is 12.0. The SMILES string of the molecule is CS(=O)(=O)Nc1ccccc1NC(=O)CCC1CCCN1. The van der Waals surface area contributed by atoms with Crippen LogP contribution in [0.1, 0.15) is 25.7 Å². The predicted molar refractivity (Wildman–Crippen MR) is 83.8 cm³/mol. The number of anilines is 2. The van der Waals surface area contributed by atoms with Gasteiger partial charge in [-0.25, -0.2) is 8.42 Å². The Bertz CT molecular complexity index is 595. The third kappa shape index (κ3) is 5.35. The maximum atomic E-state index is 12.0. The molecule has 21 heavy (non-hydrogen) atoms. The molecule has 0 radical (unpaired) electrons. The summed E-state index contributed by atoms with van der Waals surface area (Å²) in [6, 6.07) is 7.18. The summed E-state index contributed by atoms with van der Waals surface area (Å²) in [5.41, 5.74) is 0.861. The first kappa shape index (κ1) is 15.8. The van der Waals surface area contributed by atoms with E-state index in [-0.39, 0.29) is 5.91 Å². The van der Waals surface area contributed by atoms with E-state index in [0.29, 0.717) is 23.8 Å². The van der Waals surface area contributed by atoms with E-state index in [1.54, 1.807) is 24.3 Å². The average molecular weight is 311 g/mol. The Labute approximate surface area is 125 Å². The van der Waals surface area contributed by atoms with Crippen LogP contribution in [0.3, 0.4) is 0 Å². The van der Waals surface area contributed by atoms with Crippen LogP contribution in [0.4, 0.5) is 11.4 Å². The largest absolute Gasteiger partial charge is 0.324 e. The predicted octanol–water partition coefficient (Wildman–Crippen LogP) is 1.53. The van der Waals surface area contributed by atoms with Crippen molar-refractivity contribution in [2.75, 3.05) is 22.8 Å². The molecule has 0 aromatic heterocycles. The van der Waals surface area contributed by atoms with E-state index in [2.05, 4.69) is 15.4 Å². The van der Waals surface area contributed by atoms with Gasteiger partial charge in [-0.3, -0.25) is 9.52 Å². The van der Waals surface area contributed by atoms with Gasteiger partial charge in [0.1, 0.15) is 0 Å². The lowest BCUT2D eigenvalue weighted by atomic mass is 10.1. The van der Waals surface area contributed by atoms with Crippen LogP contribution in [0.25, 0.3) is 0 Å². The summed E-state index contributed by atoms with van der Waals surface area (Å²) in [6.45, 7) is 1.02. The molecule has 1 fully saturated rings. The standard InChI is InChI=1S/C14H21N3O3S/c1-21(19,20)17-13-7-3-2-6-12(13)16-14(18)9-8-11-5-4-10-15-11/h2-3,6-7,11,15,17H,4-5,8-10H2,1H3,(H,16,18). The second-order valence-corrected chi connectivity index (χ2v) is 7.05. The monoisotopic (exact) mass is 311 g/mol. The molecule has 1 aliphatic heterocycles. The summed E-state index contributed by atoms with van der Waals surface area (Å²) in [7, 11) is -3.37. The molecule has 1 aliphatic rings. The van der Waals surface area contributed by atoms with Crippen molar-refractivity contribution in [3.63, 3.8) is 0 Å². The second kappa shape index (κ2) is 6.91. The number of rotatable bonds is 6. The van der Waals surface area contributed by atoms with E-state index in [1.807, 2.05) is 0 Å². The van der Waals surface area contributed by atoms with E-state index < -0.39 is 10.0 Å². The number of carbonyl (C=O) groups is 1. The zero-order valence-electron chi connectivity index (χ0n) is 12.1. The molecule has 0 saturated carbocycles. The van der Waals surface area contributed by atoms with Gasteiger partial charge in [-0.2, -0.15) is 0 Å². The van der Waals surface area contributed by atoms with Crippen molar-refractivity contribution in [1.82, 2.24) is 5.32 Å². The zero-order chi connectivity index (χ0) is 15.3. The average Bonchev–Trinajstić information content (AvgIpc) is 2.90. The Hall–Kier alpha value is -1.60. The Kier molecular flexibility index (Phi) is 5.19. The molecule has 1 amide bonds. The molecule has 6 nitrogen and oxygen atoms in total. The molecule has 7 heteroatoms. The van der Waals surface area contributed by atoms with Crippen LogP contribution in [0, 0.1) is 0 Å². The highest BCUT2D eigenvalue weighted by Gasteiger charge is 2.16. The summed E-state index contributed by atoms with van der Waals surface area (Å²) in [5.74, 6) is -0.105. The smallest absolute Gasteiger partial charge is 0.229 e. The summed E-state index contributed by atoms with van der Waals surface area (Å²) >= 11 is 0. The minimum atomic E-state index is -3.37. The number of carbonyl (C=O) groups excluding carboxylic acids is 1. The Morgan fingerprint density at radius 3 is 2.67 bits per heavy atom. The third-order valence-corrected chi connectivity index (χ3v) is 3.97. The number of para-hydroxylation sites is 2. The lowest BCUT2D eigenvalue weighted by Crippen LogP contribution is -2.23. The molecule has 1 aromatic carbocycles. The van der Waals surface area contributed by atoms with Crippen molar-refractivity contribution in [1.29, 1.82) is 0 Å². The summed E-state index contributed by atoms with van der Waals surface area (Å²) in [6.07, 6.45) is 4.57. The molecule has 2 rings (SSSR count). The quantitative estimate of drug-likeness (QED) is 0.743. The topological polar surface area (TPSA) is 87.3 Å². The number of benzene rings is 1.